The Balaban J connectivity index is 2.09. The first kappa shape index (κ1) is 11.1. The lowest BCUT2D eigenvalue weighted by Gasteiger charge is -2.22. The van der Waals surface area contributed by atoms with E-state index in [1.54, 1.807) is 0 Å². The third kappa shape index (κ3) is 1.57. The van der Waals surface area contributed by atoms with Crippen LogP contribution in [0.25, 0.3) is 0 Å². The first-order chi connectivity index (χ1) is 7.98. The number of Topliss-reactive ketones (excluding diaryl/α,β-unsaturated/α-hetero) is 1. The first-order valence-corrected chi connectivity index (χ1v) is 6.76. The molecule has 0 amide bonds. The minimum atomic E-state index is -0.258. The van der Waals surface area contributed by atoms with Gasteiger partial charge in [0.15, 0.2) is 5.78 Å². The minimum absolute atomic E-state index is 0.258. The van der Waals surface area contributed by atoms with Crippen molar-refractivity contribution in [2.24, 2.45) is 5.41 Å². The lowest BCUT2D eigenvalue weighted by molar-refractivity contribution is 0.0857. The van der Waals surface area contributed by atoms with Crippen LogP contribution in [0.4, 0.5) is 0 Å². The molecule has 2 aliphatic rings. The summed E-state index contributed by atoms with van der Waals surface area (Å²) in [4.78, 5) is 12.5. The number of carbonyl (C=O) groups is 1. The summed E-state index contributed by atoms with van der Waals surface area (Å²) in [6.07, 6.45) is 6.09. The molecule has 0 bridgehead atoms. The van der Waals surface area contributed by atoms with Crippen molar-refractivity contribution >= 4 is 5.78 Å². The predicted molar refractivity (Wildman–Crippen MR) is 68.5 cm³/mol. The fourth-order valence-electron chi connectivity index (χ4n) is 3.35. The van der Waals surface area contributed by atoms with Crippen molar-refractivity contribution in [1.29, 1.82) is 0 Å². The molecule has 0 fully saturated rings. The molecule has 2 aliphatic heterocycles. The van der Waals surface area contributed by atoms with Crippen LogP contribution >= 0.6 is 0 Å². The van der Waals surface area contributed by atoms with Crippen molar-refractivity contribution in [3.63, 3.8) is 0 Å². The molecule has 0 saturated carbocycles. The standard InChI is InChI=1S/C15H21NO/c1-15(2,3)14(17)12-9-11-6-4-5-10-7-8-13(12)16(10)11/h9-10H,4-8H2,1-3H3/t10-/m1/s1. The van der Waals surface area contributed by atoms with Gasteiger partial charge in [0.25, 0.3) is 0 Å². The molecular formula is C15H21NO. The summed E-state index contributed by atoms with van der Waals surface area (Å²) in [5.74, 6) is 0.315. The minimum Gasteiger partial charge on any atom is -0.345 e. The number of hydrogen-bond acceptors (Lipinski definition) is 1. The van der Waals surface area contributed by atoms with Crippen molar-refractivity contribution in [1.82, 2.24) is 4.57 Å². The highest BCUT2D eigenvalue weighted by atomic mass is 16.1. The molecule has 1 aromatic heterocycles. The van der Waals surface area contributed by atoms with E-state index in [0.717, 1.165) is 18.4 Å². The van der Waals surface area contributed by atoms with Crippen molar-refractivity contribution in [3.05, 3.63) is 23.0 Å². The summed E-state index contributed by atoms with van der Waals surface area (Å²) in [5, 5.41) is 0. The molecule has 0 aromatic carbocycles. The molecule has 1 aromatic rings. The Morgan fingerprint density at radius 2 is 2.06 bits per heavy atom. The highest BCUT2D eigenvalue weighted by Crippen LogP contribution is 2.40. The highest BCUT2D eigenvalue weighted by Gasteiger charge is 2.34. The molecule has 1 atom stereocenters. The van der Waals surface area contributed by atoms with Gasteiger partial charge in [0.2, 0.25) is 0 Å². The smallest absolute Gasteiger partial charge is 0.169 e. The quantitative estimate of drug-likeness (QED) is 0.678. The van der Waals surface area contributed by atoms with E-state index in [9.17, 15) is 4.79 Å². The SMILES string of the molecule is CC(C)(C)C(=O)c1cc2n3c1CC[C@H]3CCC2. The molecule has 0 saturated heterocycles. The Bertz CT molecular complexity index is 476. The zero-order chi connectivity index (χ0) is 12.2. The molecule has 3 heterocycles. The van der Waals surface area contributed by atoms with Crippen LogP contribution in [-0.4, -0.2) is 10.4 Å². The molecule has 2 nitrogen and oxygen atoms in total. The number of hydrogen-bond donors (Lipinski definition) is 0. The van der Waals surface area contributed by atoms with E-state index in [1.807, 2.05) is 20.8 Å². The number of nitrogens with zero attached hydrogens (tertiary/aromatic N) is 1. The van der Waals surface area contributed by atoms with E-state index in [4.69, 9.17) is 0 Å². The van der Waals surface area contributed by atoms with Gasteiger partial charge in [-0.3, -0.25) is 4.79 Å². The van der Waals surface area contributed by atoms with Crippen molar-refractivity contribution in [2.45, 2.75) is 58.9 Å². The Morgan fingerprint density at radius 3 is 2.76 bits per heavy atom. The van der Waals surface area contributed by atoms with Crippen LogP contribution < -0.4 is 0 Å². The van der Waals surface area contributed by atoms with E-state index in [0.29, 0.717) is 11.8 Å². The van der Waals surface area contributed by atoms with Crippen LogP contribution in [0.1, 0.15) is 67.8 Å². The number of carbonyl (C=O) groups excluding carboxylic acids is 1. The van der Waals surface area contributed by atoms with Gasteiger partial charge in [0.05, 0.1) is 0 Å². The van der Waals surface area contributed by atoms with E-state index in [-0.39, 0.29) is 5.41 Å². The van der Waals surface area contributed by atoms with Gasteiger partial charge in [-0.25, -0.2) is 0 Å². The van der Waals surface area contributed by atoms with E-state index < -0.39 is 0 Å². The van der Waals surface area contributed by atoms with E-state index in [2.05, 4.69) is 10.6 Å². The molecule has 0 aliphatic carbocycles. The average molecular weight is 231 g/mol. The van der Waals surface area contributed by atoms with Crippen LogP contribution in [0.5, 0.6) is 0 Å². The van der Waals surface area contributed by atoms with Gasteiger partial charge >= 0.3 is 0 Å². The van der Waals surface area contributed by atoms with Crippen LogP contribution in [0, 0.1) is 5.41 Å². The van der Waals surface area contributed by atoms with Crippen LogP contribution in [-0.2, 0) is 12.8 Å². The maximum atomic E-state index is 12.5. The van der Waals surface area contributed by atoms with Gasteiger partial charge in [-0.15, -0.1) is 0 Å². The number of rotatable bonds is 1. The summed E-state index contributed by atoms with van der Waals surface area (Å²) in [7, 11) is 0. The monoisotopic (exact) mass is 231 g/mol. The second-order valence-electron chi connectivity index (χ2n) is 6.53. The lowest BCUT2D eigenvalue weighted by Crippen LogP contribution is -2.20. The predicted octanol–water partition coefficient (Wildman–Crippen LogP) is 3.54. The second kappa shape index (κ2) is 3.47. The third-order valence-electron chi connectivity index (χ3n) is 4.20. The Morgan fingerprint density at radius 1 is 1.29 bits per heavy atom. The molecule has 0 N–H and O–H groups in total. The van der Waals surface area contributed by atoms with Crippen LogP contribution in [0.3, 0.4) is 0 Å². The van der Waals surface area contributed by atoms with Gasteiger partial charge in [0.1, 0.15) is 0 Å². The first-order valence-electron chi connectivity index (χ1n) is 6.76. The zero-order valence-electron chi connectivity index (χ0n) is 11.0. The van der Waals surface area contributed by atoms with Gasteiger partial charge in [-0.1, -0.05) is 20.8 Å². The highest BCUT2D eigenvalue weighted by molar-refractivity contribution is 6.01. The topological polar surface area (TPSA) is 22.0 Å². The number of aryl methyl sites for hydroxylation is 1. The molecule has 0 unspecified atom stereocenters. The van der Waals surface area contributed by atoms with Crippen molar-refractivity contribution in [3.8, 4) is 0 Å². The number of ketones is 1. The van der Waals surface area contributed by atoms with Crippen molar-refractivity contribution < 1.29 is 4.79 Å². The second-order valence-corrected chi connectivity index (χ2v) is 6.53. The lowest BCUT2D eigenvalue weighted by atomic mass is 9.86. The maximum absolute atomic E-state index is 12.5. The largest absolute Gasteiger partial charge is 0.345 e. The van der Waals surface area contributed by atoms with Gasteiger partial charge in [-0.05, 0) is 38.2 Å². The molecular weight excluding hydrogens is 210 g/mol. The normalized spacial score (nSPS) is 22.6. The molecule has 0 spiro atoms. The number of aromatic nitrogens is 1. The Labute approximate surface area is 103 Å². The molecule has 3 rings (SSSR count). The summed E-state index contributed by atoms with van der Waals surface area (Å²) in [6.45, 7) is 6.06. The van der Waals surface area contributed by atoms with Crippen LogP contribution in [0.2, 0.25) is 0 Å². The third-order valence-corrected chi connectivity index (χ3v) is 4.20. The Kier molecular flexibility index (Phi) is 2.26. The summed E-state index contributed by atoms with van der Waals surface area (Å²) < 4.78 is 2.47. The van der Waals surface area contributed by atoms with Crippen LogP contribution in [0.15, 0.2) is 6.07 Å². The maximum Gasteiger partial charge on any atom is 0.169 e. The van der Waals surface area contributed by atoms with Gasteiger partial charge < -0.3 is 4.57 Å². The molecule has 92 valence electrons. The van der Waals surface area contributed by atoms with Gasteiger partial charge in [-0.2, -0.15) is 0 Å². The zero-order valence-corrected chi connectivity index (χ0v) is 11.0. The summed E-state index contributed by atoms with van der Waals surface area (Å²) in [6, 6.07) is 2.86. The van der Waals surface area contributed by atoms with Crippen molar-refractivity contribution in [2.75, 3.05) is 0 Å². The molecule has 2 heteroatoms. The summed E-state index contributed by atoms with van der Waals surface area (Å²) >= 11 is 0. The van der Waals surface area contributed by atoms with Gasteiger partial charge in [0, 0.05) is 28.4 Å². The van der Waals surface area contributed by atoms with E-state index >= 15 is 0 Å². The van der Waals surface area contributed by atoms with E-state index in [1.165, 1.54) is 30.7 Å². The average Bonchev–Trinajstić information content (AvgIpc) is 2.83. The molecule has 0 radical (unpaired) electrons. The molecule has 17 heavy (non-hydrogen) atoms. The fraction of sp³-hybridized carbons (Fsp3) is 0.667. The Hall–Kier alpha value is -1.05. The fourth-order valence-corrected chi connectivity index (χ4v) is 3.35. The summed E-state index contributed by atoms with van der Waals surface area (Å²) in [5.41, 5.74) is 3.48.